The summed E-state index contributed by atoms with van der Waals surface area (Å²) in [7, 11) is 1.61. The SMILES string of the molecule is CCc1sc(NC(=O)[C@@H]2CC(=O)N([C@@H](C)COC)C2)nc1-c1ccccc1. The molecule has 1 aliphatic rings. The van der Waals surface area contributed by atoms with Crippen LogP contribution in [-0.2, 0) is 20.7 Å². The fourth-order valence-electron chi connectivity index (χ4n) is 3.34. The Morgan fingerprint density at radius 1 is 1.41 bits per heavy atom. The Morgan fingerprint density at radius 2 is 2.15 bits per heavy atom. The van der Waals surface area contributed by atoms with Gasteiger partial charge >= 0.3 is 0 Å². The summed E-state index contributed by atoms with van der Waals surface area (Å²) in [5, 5.41) is 3.51. The molecule has 0 radical (unpaired) electrons. The number of ether oxygens (including phenoxy) is 1. The molecule has 1 saturated heterocycles. The van der Waals surface area contributed by atoms with Crippen LogP contribution in [0.2, 0.25) is 0 Å². The maximum absolute atomic E-state index is 12.7. The average molecular weight is 388 g/mol. The smallest absolute Gasteiger partial charge is 0.231 e. The van der Waals surface area contributed by atoms with Gasteiger partial charge < -0.3 is 15.0 Å². The number of nitrogens with zero attached hydrogens (tertiary/aromatic N) is 2. The number of anilines is 1. The molecule has 27 heavy (non-hydrogen) atoms. The van der Waals surface area contributed by atoms with E-state index >= 15 is 0 Å². The molecule has 1 aliphatic heterocycles. The molecular weight excluding hydrogens is 362 g/mol. The number of thiazole rings is 1. The van der Waals surface area contributed by atoms with Crippen LogP contribution in [-0.4, -0.2) is 48.0 Å². The average Bonchev–Trinajstić information content (AvgIpc) is 3.26. The van der Waals surface area contributed by atoms with E-state index in [4.69, 9.17) is 4.74 Å². The Hall–Kier alpha value is -2.25. The summed E-state index contributed by atoms with van der Waals surface area (Å²) >= 11 is 1.50. The molecule has 7 heteroatoms. The first-order valence-corrected chi connectivity index (χ1v) is 9.99. The minimum absolute atomic E-state index is 0.00180. The fourth-order valence-corrected chi connectivity index (χ4v) is 4.26. The molecule has 0 bridgehead atoms. The number of rotatable bonds is 7. The summed E-state index contributed by atoms with van der Waals surface area (Å²) in [4.78, 5) is 32.4. The zero-order valence-electron chi connectivity index (χ0n) is 15.9. The van der Waals surface area contributed by atoms with Crippen LogP contribution in [0, 0.1) is 5.92 Å². The van der Waals surface area contributed by atoms with Crippen molar-refractivity contribution in [3.63, 3.8) is 0 Å². The zero-order chi connectivity index (χ0) is 19.4. The molecule has 0 unspecified atom stereocenters. The molecule has 2 atom stereocenters. The third kappa shape index (κ3) is 4.36. The second kappa shape index (κ2) is 8.63. The lowest BCUT2D eigenvalue weighted by atomic mass is 10.1. The number of methoxy groups -OCH3 is 1. The van der Waals surface area contributed by atoms with Gasteiger partial charge in [-0.25, -0.2) is 4.98 Å². The van der Waals surface area contributed by atoms with E-state index in [2.05, 4.69) is 17.2 Å². The molecule has 0 saturated carbocycles. The van der Waals surface area contributed by atoms with Crippen LogP contribution in [0.15, 0.2) is 30.3 Å². The number of hydrogen-bond donors (Lipinski definition) is 1. The largest absolute Gasteiger partial charge is 0.383 e. The highest BCUT2D eigenvalue weighted by atomic mass is 32.1. The summed E-state index contributed by atoms with van der Waals surface area (Å²) in [6.07, 6.45) is 1.08. The van der Waals surface area contributed by atoms with E-state index in [1.54, 1.807) is 12.0 Å². The van der Waals surface area contributed by atoms with E-state index < -0.39 is 0 Å². The van der Waals surface area contributed by atoms with Crippen molar-refractivity contribution in [2.24, 2.45) is 5.92 Å². The lowest BCUT2D eigenvalue weighted by molar-refractivity contribution is -0.130. The summed E-state index contributed by atoms with van der Waals surface area (Å²) in [5.74, 6) is -0.504. The van der Waals surface area contributed by atoms with Crippen molar-refractivity contribution >= 4 is 28.3 Å². The molecule has 0 spiro atoms. The normalized spacial score (nSPS) is 18.0. The Kier molecular flexibility index (Phi) is 6.23. The monoisotopic (exact) mass is 387 g/mol. The number of aryl methyl sites for hydroxylation is 1. The lowest BCUT2D eigenvalue weighted by Crippen LogP contribution is -2.38. The van der Waals surface area contributed by atoms with Gasteiger partial charge in [-0.3, -0.25) is 9.59 Å². The van der Waals surface area contributed by atoms with Crippen LogP contribution in [0.4, 0.5) is 5.13 Å². The van der Waals surface area contributed by atoms with E-state index in [1.165, 1.54) is 11.3 Å². The van der Waals surface area contributed by atoms with Gasteiger partial charge in [0, 0.05) is 30.5 Å². The van der Waals surface area contributed by atoms with Gasteiger partial charge in [-0.2, -0.15) is 0 Å². The van der Waals surface area contributed by atoms with Crippen LogP contribution >= 0.6 is 11.3 Å². The maximum Gasteiger partial charge on any atom is 0.231 e. The molecule has 1 aromatic carbocycles. The van der Waals surface area contributed by atoms with E-state index in [1.807, 2.05) is 37.3 Å². The number of aromatic nitrogens is 1. The quantitative estimate of drug-likeness (QED) is 0.792. The van der Waals surface area contributed by atoms with Crippen molar-refractivity contribution in [1.82, 2.24) is 9.88 Å². The standard InChI is InChI=1S/C20H25N3O3S/c1-4-16-18(14-8-6-5-7-9-14)21-20(27-16)22-19(25)15-10-17(24)23(11-15)13(2)12-26-3/h5-9,13,15H,4,10-12H2,1-3H3,(H,21,22,25)/t13-,15+/m0/s1. The number of nitrogens with one attached hydrogen (secondary N) is 1. The van der Waals surface area contributed by atoms with E-state index in [9.17, 15) is 9.59 Å². The van der Waals surface area contributed by atoms with Gasteiger partial charge in [0.1, 0.15) is 0 Å². The van der Waals surface area contributed by atoms with Crippen molar-refractivity contribution in [2.75, 3.05) is 25.6 Å². The molecule has 2 heterocycles. The highest BCUT2D eigenvalue weighted by molar-refractivity contribution is 7.16. The van der Waals surface area contributed by atoms with Crippen molar-refractivity contribution in [3.8, 4) is 11.3 Å². The second-order valence-corrected chi connectivity index (χ2v) is 7.83. The molecule has 1 fully saturated rings. The lowest BCUT2D eigenvalue weighted by Gasteiger charge is -2.23. The first kappa shape index (κ1) is 19.5. The second-order valence-electron chi connectivity index (χ2n) is 6.75. The Labute approximate surface area is 163 Å². The van der Waals surface area contributed by atoms with Gasteiger partial charge in [-0.15, -0.1) is 11.3 Å². The molecular formula is C20H25N3O3S. The van der Waals surface area contributed by atoms with Crippen molar-refractivity contribution < 1.29 is 14.3 Å². The number of hydrogen-bond acceptors (Lipinski definition) is 5. The summed E-state index contributed by atoms with van der Waals surface area (Å²) in [5.41, 5.74) is 1.96. The topological polar surface area (TPSA) is 71.5 Å². The Morgan fingerprint density at radius 3 is 2.81 bits per heavy atom. The highest BCUT2D eigenvalue weighted by Gasteiger charge is 2.36. The fraction of sp³-hybridized carbons (Fsp3) is 0.450. The third-order valence-electron chi connectivity index (χ3n) is 4.76. The Balaban J connectivity index is 1.70. The maximum atomic E-state index is 12.7. The van der Waals surface area contributed by atoms with Crippen LogP contribution in [0.5, 0.6) is 0 Å². The van der Waals surface area contributed by atoms with Crippen LogP contribution in [0.1, 0.15) is 25.1 Å². The molecule has 1 N–H and O–H groups in total. The summed E-state index contributed by atoms with van der Waals surface area (Å²) in [6.45, 7) is 4.90. The molecule has 144 valence electrons. The summed E-state index contributed by atoms with van der Waals surface area (Å²) < 4.78 is 5.12. The Bertz CT molecular complexity index is 806. The van der Waals surface area contributed by atoms with E-state index in [-0.39, 0.29) is 30.2 Å². The number of likely N-dealkylation sites (tertiary alicyclic amines) is 1. The van der Waals surface area contributed by atoms with Crippen LogP contribution in [0.25, 0.3) is 11.3 Å². The predicted octanol–water partition coefficient (Wildman–Crippen LogP) is 3.19. The minimum atomic E-state index is -0.356. The van der Waals surface area contributed by atoms with Crippen molar-refractivity contribution in [3.05, 3.63) is 35.2 Å². The molecule has 6 nitrogen and oxygen atoms in total. The van der Waals surface area contributed by atoms with Crippen LogP contribution < -0.4 is 5.32 Å². The van der Waals surface area contributed by atoms with Gasteiger partial charge in [-0.05, 0) is 13.3 Å². The number of benzene rings is 1. The zero-order valence-corrected chi connectivity index (χ0v) is 16.7. The molecule has 2 aromatic rings. The first-order valence-electron chi connectivity index (χ1n) is 9.17. The third-order valence-corrected chi connectivity index (χ3v) is 5.88. The minimum Gasteiger partial charge on any atom is -0.383 e. The van der Waals surface area contributed by atoms with Gasteiger partial charge in [0.2, 0.25) is 11.8 Å². The molecule has 2 amide bonds. The van der Waals surface area contributed by atoms with E-state index in [0.717, 1.165) is 22.6 Å². The predicted molar refractivity (Wildman–Crippen MR) is 107 cm³/mol. The number of carbonyl (C=O) groups excluding carboxylic acids is 2. The van der Waals surface area contributed by atoms with Gasteiger partial charge in [0.15, 0.2) is 5.13 Å². The van der Waals surface area contributed by atoms with Gasteiger partial charge in [0.25, 0.3) is 0 Å². The van der Waals surface area contributed by atoms with Gasteiger partial charge in [-0.1, -0.05) is 37.3 Å². The van der Waals surface area contributed by atoms with Crippen LogP contribution in [0.3, 0.4) is 0 Å². The van der Waals surface area contributed by atoms with Gasteiger partial charge in [0.05, 0.1) is 24.3 Å². The molecule has 0 aliphatic carbocycles. The van der Waals surface area contributed by atoms with E-state index in [0.29, 0.717) is 18.3 Å². The highest BCUT2D eigenvalue weighted by Crippen LogP contribution is 2.32. The number of carbonyl (C=O) groups is 2. The first-order chi connectivity index (χ1) is 13.0. The molecule has 3 rings (SSSR count). The molecule has 1 aromatic heterocycles. The number of amides is 2. The summed E-state index contributed by atoms with van der Waals surface area (Å²) in [6, 6.07) is 9.93. The van der Waals surface area contributed by atoms with Crippen molar-refractivity contribution in [2.45, 2.75) is 32.7 Å². The van der Waals surface area contributed by atoms with Crippen molar-refractivity contribution in [1.29, 1.82) is 0 Å².